The topological polar surface area (TPSA) is 50.1 Å². The lowest BCUT2D eigenvalue weighted by Crippen LogP contribution is -2.35. The van der Waals surface area contributed by atoms with Crippen molar-refractivity contribution in [3.05, 3.63) is 15.9 Å². The first-order chi connectivity index (χ1) is 9.65. The highest BCUT2D eigenvalue weighted by Gasteiger charge is 2.32. The molecule has 0 bridgehead atoms. The number of aliphatic hydroxyl groups is 1. The average molecular weight is 344 g/mol. The van der Waals surface area contributed by atoms with Crippen LogP contribution in [0, 0.1) is 5.41 Å². The summed E-state index contributed by atoms with van der Waals surface area (Å²) in [4.78, 5) is 0. The maximum atomic E-state index is 9.64. The van der Waals surface area contributed by atoms with E-state index in [4.69, 9.17) is 0 Å². The monoisotopic (exact) mass is 343 g/mol. The predicted octanol–water partition coefficient (Wildman–Crippen LogP) is 2.87. The van der Waals surface area contributed by atoms with E-state index < -0.39 is 0 Å². The second-order valence-corrected chi connectivity index (χ2v) is 6.64. The summed E-state index contributed by atoms with van der Waals surface area (Å²) in [5.41, 5.74) is 2.45. The van der Waals surface area contributed by atoms with Gasteiger partial charge in [0.05, 0.1) is 15.9 Å². The van der Waals surface area contributed by atoms with E-state index in [0.29, 0.717) is 6.61 Å². The highest BCUT2D eigenvalue weighted by molar-refractivity contribution is 9.10. The maximum Gasteiger partial charge on any atom is 0.0767 e. The second-order valence-electron chi connectivity index (χ2n) is 5.85. The molecule has 0 aromatic carbocycles. The first-order valence-corrected chi connectivity index (χ1v) is 8.50. The Bertz CT molecular complexity index is 439. The van der Waals surface area contributed by atoms with Crippen LogP contribution in [0.25, 0.3) is 0 Å². The van der Waals surface area contributed by atoms with E-state index in [1.165, 1.54) is 18.5 Å². The zero-order valence-corrected chi connectivity index (χ0v) is 14.2. The van der Waals surface area contributed by atoms with Gasteiger partial charge in [-0.15, -0.1) is 0 Å². The van der Waals surface area contributed by atoms with Crippen molar-refractivity contribution in [3.8, 4) is 0 Å². The second kappa shape index (κ2) is 7.05. The van der Waals surface area contributed by atoms with Gasteiger partial charge in [-0.1, -0.05) is 19.8 Å². The van der Waals surface area contributed by atoms with Gasteiger partial charge in [-0.25, -0.2) is 0 Å². The standard InChI is InChI=1S/C15H26BrN3O/c1-3-12-14(16)13(19(4-2)18-12)9-17-10-15(11-20)7-5-6-8-15/h17,20H,3-11H2,1-2H3. The van der Waals surface area contributed by atoms with E-state index in [1.807, 2.05) is 0 Å². The average Bonchev–Trinajstić information content (AvgIpc) is 3.05. The maximum absolute atomic E-state index is 9.64. The molecule has 0 aliphatic heterocycles. The third-order valence-electron chi connectivity index (χ3n) is 4.49. The number of aryl methyl sites for hydroxylation is 2. The Morgan fingerprint density at radius 3 is 2.60 bits per heavy atom. The minimum absolute atomic E-state index is 0.108. The third-order valence-corrected chi connectivity index (χ3v) is 5.40. The molecule has 0 unspecified atom stereocenters. The molecule has 1 saturated carbocycles. The van der Waals surface area contributed by atoms with Crippen LogP contribution in [0.5, 0.6) is 0 Å². The van der Waals surface area contributed by atoms with Crippen LogP contribution >= 0.6 is 15.9 Å². The minimum atomic E-state index is 0.108. The molecule has 0 radical (unpaired) electrons. The van der Waals surface area contributed by atoms with E-state index >= 15 is 0 Å². The van der Waals surface area contributed by atoms with Gasteiger partial charge in [0.2, 0.25) is 0 Å². The summed E-state index contributed by atoms with van der Waals surface area (Å²) in [6.45, 7) is 7.14. The van der Waals surface area contributed by atoms with Crippen LogP contribution in [0.3, 0.4) is 0 Å². The quantitative estimate of drug-likeness (QED) is 0.800. The molecule has 5 heteroatoms. The molecule has 1 aliphatic rings. The number of hydrogen-bond acceptors (Lipinski definition) is 3. The number of nitrogens with one attached hydrogen (secondary N) is 1. The van der Waals surface area contributed by atoms with Crippen LogP contribution in [0.15, 0.2) is 4.47 Å². The number of aliphatic hydroxyl groups excluding tert-OH is 1. The molecule has 4 nitrogen and oxygen atoms in total. The lowest BCUT2D eigenvalue weighted by molar-refractivity contribution is 0.128. The van der Waals surface area contributed by atoms with Gasteiger partial charge >= 0.3 is 0 Å². The molecule has 1 heterocycles. The Labute approximate surface area is 130 Å². The molecule has 20 heavy (non-hydrogen) atoms. The van der Waals surface area contributed by atoms with Gasteiger partial charge in [0.25, 0.3) is 0 Å². The van der Waals surface area contributed by atoms with E-state index in [0.717, 1.165) is 49.1 Å². The van der Waals surface area contributed by atoms with E-state index in [9.17, 15) is 5.11 Å². The highest BCUT2D eigenvalue weighted by atomic mass is 79.9. The molecule has 0 amide bonds. The Kier molecular flexibility index (Phi) is 5.64. The normalized spacial score (nSPS) is 17.8. The number of rotatable bonds is 7. The first kappa shape index (κ1) is 16.0. The van der Waals surface area contributed by atoms with Gasteiger partial charge in [0, 0.05) is 31.7 Å². The van der Waals surface area contributed by atoms with Crippen LogP contribution < -0.4 is 5.32 Å². The van der Waals surface area contributed by atoms with E-state index in [1.54, 1.807) is 0 Å². The summed E-state index contributed by atoms with van der Waals surface area (Å²) in [5.74, 6) is 0. The van der Waals surface area contributed by atoms with E-state index in [2.05, 4.69) is 44.9 Å². The van der Waals surface area contributed by atoms with Gasteiger partial charge in [-0.2, -0.15) is 5.10 Å². The molecular formula is C15H26BrN3O. The molecule has 2 rings (SSSR count). The van der Waals surface area contributed by atoms with Crippen LogP contribution in [0.1, 0.15) is 50.9 Å². The Hall–Kier alpha value is -0.390. The lowest BCUT2D eigenvalue weighted by atomic mass is 9.87. The molecule has 2 N–H and O–H groups in total. The SMILES string of the molecule is CCc1nn(CC)c(CNCC2(CO)CCCC2)c1Br. The Morgan fingerprint density at radius 1 is 1.35 bits per heavy atom. The summed E-state index contributed by atoms with van der Waals surface area (Å²) in [6, 6.07) is 0. The molecule has 0 spiro atoms. The fraction of sp³-hybridized carbons (Fsp3) is 0.800. The van der Waals surface area contributed by atoms with Crippen molar-refractivity contribution >= 4 is 15.9 Å². The minimum Gasteiger partial charge on any atom is -0.396 e. The van der Waals surface area contributed by atoms with Crippen molar-refractivity contribution in [2.45, 2.75) is 59.0 Å². The van der Waals surface area contributed by atoms with Gasteiger partial charge in [0.15, 0.2) is 0 Å². The highest BCUT2D eigenvalue weighted by Crippen LogP contribution is 2.37. The van der Waals surface area contributed by atoms with Crippen molar-refractivity contribution in [2.75, 3.05) is 13.2 Å². The van der Waals surface area contributed by atoms with Crippen molar-refractivity contribution in [1.29, 1.82) is 0 Å². The fourth-order valence-corrected chi connectivity index (χ4v) is 3.85. The first-order valence-electron chi connectivity index (χ1n) is 7.71. The number of halogens is 1. The van der Waals surface area contributed by atoms with Crippen molar-refractivity contribution in [3.63, 3.8) is 0 Å². The van der Waals surface area contributed by atoms with Crippen LogP contribution in [0.2, 0.25) is 0 Å². The summed E-state index contributed by atoms with van der Waals surface area (Å²) in [5, 5.41) is 17.8. The molecule has 1 aromatic heterocycles. The van der Waals surface area contributed by atoms with Crippen LogP contribution in [-0.4, -0.2) is 28.0 Å². The summed E-state index contributed by atoms with van der Waals surface area (Å²) in [7, 11) is 0. The number of hydrogen-bond donors (Lipinski definition) is 2. The number of nitrogens with zero attached hydrogens (tertiary/aromatic N) is 2. The smallest absolute Gasteiger partial charge is 0.0767 e. The lowest BCUT2D eigenvalue weighted by Gasteiger charge is -2.26. The predicted molar refractivity (Wildman–Crippen MR) is 84.7 cm³/mol. The van der Waals surface area contributed by atoms with Crippen LogP contribution in [0.4, 0.5) is 0 Å². The third kappa shape index (κ3) is 3.26. The van der Waals surface area contributed by atoms with Gasteiger partial charge < -0.3 is 10.4 Å². The van der Waals surface area contributed by atoms with Gasteiger partial charge in [-0.05, 0) is 42.1 Å². The van der Waals surface area contributed by atoms with Crippen molar-refractivity contribution in [2.24, 2.45) is 5.41 Å². The van der Waals surface area contributed by atoms with Crippen molar-refractivity contribution in [1.82, 2.24) is 15.1 Å². The van der Waals surface area contributed by atoms with Gasteiger partial charge in [0.1, 0.15) is 0 Å². The molecule has 0 saturated heterocycles. The summed E-state index contributed by atoms with van der Waals surface area (Å²) < 4.78 is 3.20. The molecule has 1 aliphatic carbocycles. The fourth-order valence-electron chi connectivity index (χ4n) is 3.15. The Morgan fingerprint density at radius 2 is 2.05 bits per heavy atom. The zero-order valence-electron chi connectivity index (χ0n) is 12.6. The van der Waals surface area contributed by atoms with E-state index in [-0.39, 0.29) is 5.41 Å². The summed E-state index contributed by atoms with van der Waals surface area (Å²) in [6.07, 6.45) is 5.73. The molecular weight excluding hydrogens is 318 g/mol. The molecule has 114 valence electrons. The molecule has 0 atom stereocenters. The van der Waals surface area contributed by atoms with Crippen LogP contribution in [-0.2, 0) is 19.5 Å². The Balaban J connectivity index is 1.98. The number of aromatic nitrogens is 2. The largest absolute Gasteiger partial charge is 0.396 e. The van der Waals surface area contributed by atoms with Crippen molar-refractivity contribution < 1.29 is 5.11 Å². The molecule has 1 fully saturated rings. The molecule has 1 aromatic rings. The summed E-state index contributed by atoms with van der Waals surface area (Å²) >= 11 is 3.67. The van der Waals surface area contributed by atoms with Gasteiger partial charge in [-0.3, -0.25) is 4.68 Å². The zero-order chi connectivity index (χ0) is 14.6.